The van der Waals surface area contributed by atoms with Crippen LogP contribution in [-0.4, -0.2) is 82.6 Å². The highest BCUT2D eigenvalue weighted by Gasteiger charge is 2.30. The topological polar surface area (TPSA) is 106 Å². The smallest absolute Gasteiger partial charge is 0.307 e. The number of hydrogen-bond acceptors (Lipinski definition) is 8. The molecule has 6 heterocycles. The highest BCUT2D eigenvalue weighted by molar-refractivity contribution is 6.00. The number of rotatable bonds is 7. The highest BCUT2D eigenvalue weighted by Crippen LogP contribution is 2.43. The van der Waals surface area contributed by atoms with Crippen molar-refractivity contribution >= 4 is 22.9 Å². The monoisotopic (exact) mass is 631 g/mol. The van der Waals surface area contributed by atoms with E-state index in [0.29, 0.717) is 58.7 Å². The third-order valence-corrected chi connectivity index (χ3v) is 10.1. The summed E-state index contributed by atoms with van der Waals surface area (Å²) in [6.07, 6.45) is 4.17. The van der Waals surface area contributed by atoms with E-state index in [1.165, 1.54) is 6.07 Å². The van der Waals surface area contributed by atoms with E-state index in [9.17, 15) is 9.90 Å². The van der Waals surface area contributed by atoms with Gasteiger partial charge in [-0.25, -0.2) is 14.4 Å². The molecule has 0 spiro atoms. The molecule has 2 fully saturated rings. The Morgan fingerprint density at radius 1 is 1.09 bits per heavy atom. The lowest BCUT2D eigenvalue weighted by atomic mass is 9.87. The zero-order chi connectivity index (χ0) is 32.1. The average Bonchev–Trinajstić information content (AvgIpc) is 3.64. The Kier molecular flexibility index (Phi) is 8.23. The van der Waals surface area contributed by atoms with Gasteiger partial charge in [-0.3, -0.25) is 9.69 Å². The number of piperazine rings is 1. The van der Waals surface area contributed by atoms with Crippen molar-refractivity contribution in [1.29, 1.82) is 0 Å². The van der Waals surface area contributed by atoms with E-state index in [-0.39, 0.29) is 6.42 Å². The number of fused-ring (bicyclic) bond motifs is 2. The van der Waals surface area contributed by atoms with Gasteiger partial charge < -0.3 is 28.5 Å². The zero-order valence-electron chi connectivity index (χ0n) is 27.1. The number of nitrogens with zero attached hydrogens (tertiary/aromatic N) is 5. The number of carboxylic acids is 1. The number of pyridine rings is 1. The van der Waals surface area contributed by atoms with E-state index in [1.54, 1.807) is 0 Å². The van der Waals surface area contributed by atoms with Gasteiger partial charge in [0.2, 0.25) is 11.8 Å². The molecule has 244 valence electrons. The number of aromatic nitrogens is 3. The van der Waals surface area contributed by atoms with Crippen LogP contribution < -0.4 is 9.64 Å². The van der Waals surface area contributed by atoms with Gasteiger partial charge in [0.25, 0.3) is 0 Å². The van der Waals surface area contributed by atoms with Gasteiger partial charge in [-0.05, 0) is 80.3 Å². The summed E-state index contributed by atoms with van der Waals surface area (Å²) in [5.74, 6) is 0.193. The predicted molar refractivity (Wildman–Crippen MR) is 173 cm³/mol. The number of anilines is 1. The van der Waals surface area contributed by atoms with Gasteiger partial charge in [-0.15, -0.1) is 0 Å². The maximum Gasteiger partial charge on any atom is 0.307 e. The number of carboxylic acid groups (broad SMARTS) is 1. The maximum absolute atomic E-state index is 15.5. The number of oxazole rings is 1. The minimum absolute atomic E-state index is 0.230. The van der Waals surface area contributed by atoms with E-state index in [1.807, 2.05) is 31.5 Å². The second kappa shape index (κ2) is 12.3. The Labute approximate surface area is 268 Å². The molecular weight excluding hydrogens is 589 g/mol. The number of halogens is 1. The van der Waals surface area contributed by atoms with Gasteiger partial charge >= 0.3 is 5.97 Å². The van der Waals surface area contributed by atoms with Crippen LogP contribution in [0.2, 0.25) is 0 Å². The molecular formula is C35H42FN5O5. The molecule has 0 saturated carbocycles. The second-order valence-corrected chi connectivity index (χ2v) is 12.7. The fourth-order valence-corrected chi connectivity index (χ4v) is 7.55. The van der Waals surface area contributed by atoms with Gasteiger partial charge in [0.1, 0.15) is 17.0 Å². The summed E-state index contributed by atoms with van der Waals surface area (Å²) >= 11 is 0. The van der Waals surface area contributed by atoms with Crippen molar-refractivity contribution in [3.05, 3.63) is 46.0 Å². The second-order valence-electron chi connectivity index (χ2n) is 12.7. The quantitative estimate of drug-likeness (QED) is 0.284. The number of aliphatic carboxylic acids is 1. The summed E-state index contributed by atoms with van der Waals surface area (Å²) in [4.78, 5) is 26.8. The number of hydrogen-bond donors (Lipinski definition) is 1. The number of carbonyl (C=O) groups is 1. The van der Waals surface area contributed by atoms with E-state index in [0.717, 1.165) is 98.9 Å². The Hall–Kier alpha value is -3.96. The molecule has 0 aliphatic carbocycles. The molecule has 46 heavy (non-hydrogen) atoms. The lowest BCUT2D eigenvalue weighted by Gasteiger charge is -2.40. The van der Waals surface area contributed by atoms with Crippen LogP contribution in [0.15, 0.2) is 16.5 Å². The summed E-state index contributed by atoms with van der Waals surface area (Å²) in [5, 5.41) is 10.6. The summed E-state index contributed by atoms with van der Waals surface area (Å²) < 4.78 is 35.3. The Balaban J connectivity index is 1.31. The van der Waals surface area contributed by atoms with Crippen molar-refractivity contribution in [2.45, 2.75) is 65.3 Å². The maximum atomic E-state index is 15.5. The fraction of sp³-hybridized carbons (Fsp3) is 0.514. The molecule has 11 heteroatoms. The SMILES string of the molecule is CCc1nc(-c2cc3c(-c4cc(F)c5c(c4C)CCCO5)c(CC(=O)O)c(C)nc3n2C)oc1N1CCN(C2CCOCC2)CC1. The molecule has 0 bridgehead atoms. The molecule has 3 aliphatic rings. The number of aryl methyl sites for hydroxylation is 3. The van der Waals surface area contributed by atoms with Gasteiger partial charge in [0.05, 0.1) is 13.0 Å². The van der Waals surface area contributed by atoms with Crippen LogP contribution in [0.1, 0.15) is 54.3 Å². The normalized spacial score (nSPS) is 17.8. The standard InChI is InChI=1S/C35H42FN5O5/c1-5-28-35(41-12-10-40(11-13-41)22-8-15-44-16-9-22)46-34(38-28)29-18-26-31(25(19-30(42)43)21(3)37-33(26)39(29)4)24-17-27(36)32-23(20(24)2)7-6-14-45-32/h17-18,22H,5-16,19H2,1-4H3,(H,42,43). The Bertz CT molecular complexity index is 1800. The Morgan fingerprint density at radius 3 is 2.57 bits per heavy atom. The first kappa shape index (κ1) is 30.7. The largest absolute Gasteiger partial charge is 0.490 e. The van der Waals surface area contributed by atoms with Crippen LogP contribution in [0.3, 0.4) is 0 Å². The van der Waals surface area contributed by atoms with Crippen molar-refractivity contribution < 1.29 is 28.2 Å². The molecule has 1 aromatic carbocycles. The summed E-state index contributed by atoms with van der Waals surface area (Å²) in [6, 6.07) is 4.04. The van der Waals surface area contributed by atoms with Crippen LogP contribution in [0.25, 0.3) is 33.7 Å². The predicted octanol–water partition coefficient (Wildman–Crippen LogP) is 5.47. The van der Waals surface area contributed by atoms with Crippen molar-refractivity contribution in [3.63, 3.8) is 0 Å². The van der Waals surface area contributed by atoms with E-state index in [2.05, 4.69) is 16.7 Å². The van der Waals surface area contributed by atoms with Crippen LogP contribution >= 0.6 is 0 Å². The minimum Gasteiger partial charge on any atom is -0.490 e. The zero-order valence-corrected chi connectivity index (χ0v) is 27.1. The van der Waals surface area contributed by atoms with Crippen molar-refractivity contribution in [2.75, 3.05) is 50.9 Å². The fourth-order valence-electron chi connectivity index (χ4n) is 7.55. The number of benzene rings is 1. The molecule has 10 nitrogen and oxygen atoms in total. The molecule has 0 unspecified atom stereocenters. The van der Waals surface area contributed by atoms with Crippen LogP contribution in [-0.2, 0) is 35.8 Å². The van der Waals surface area contributed by atoms with E-state index in [4.69, 9.17) is 23.9 Å². The molecule has 3 aromatic heterocycles. The van der Waals surface area contributed by atoms with Gasteiger partial charge in [0, 0.05) is 69.1 Å². The van der Waals surface area contributed by atoms with Gasteiger partial charge in [0.15, 0.2) is 11.6 Å². The molecule has 0 radical (unpaired) electrons. The van der Waals surface area contributed by atoms with E-state index < -0.39 is 11.8 Å². The molecule has 0 atom stereocenters. The third kappa shape index (κ3) is 5.33. The van der Waals surface area contributed by atoms with Gasteiger partial charge in [-0.2, -0.15) is 0 Å². The summed E-state index contributed by atoms with van der Waals surface area (Å²) in [6.45, 7) is 11.7. The molecule has 4 aromatic rings. The minimum atomic E-state index is -0.970. The van der Waals surface area contributed by atoms with Crippen LogP contribution in [0, 0.1) is 19.7 Å². The summed E-state index contributed by atoms with van der Waals surface area (Å²) in [7, 11) is 1.92. The number of ether oxygens (including phenoxy) is 2. The van der Waals surface area contributed by atoms with E-state index >= 15 is 4.39 Å². The summed E-state index contributed by atoms with van der Waals surface area (Å²) in [5.41, 5.74) is 6.54. The van der Waals surface area contributed by atoms with Gasteiger partial charge in [-0.1, -0.05) is 6.92 Å². The van der Waals surface area contributed by atoms with Crippen LogP contribution in [0.4, 0.5) is 10.3 Å². The molecule has 0 amide bonds. The third-order valence-electron chi connectivity index (χ3n) is 10.1. The molecule has 1 N–H and O–H groups in total. The molecule has 3 aliphatic heterocycles. The first-order valence-electron chi connectivity index (χ1n) is 16.5. The molecule has 2 saturated heterocycles. The molecule has 7 rings (SSSR count). The lowest BCUT2D eigenvalue weighted by molar-refractivity contribution is -0.136. The first-order chi connectivity index (χ1) is 22.2. The Morgan fingerprint density at radius 2 is 1.85 bits per heavy atom. The van der Waals surface area contributed by atoms with Crippen molar-refractivity contribution in [3.8, 4) is 28.5 Å². The highest BCUT2D eigenvalue weighted by atomic mass is 19.1. The lowest BCUT2D eigenvalue weighted by Crippen LogP contribution is -2.51. The average molecular weight is 632 g/mol. The first-order valence-corrected chi connectivity index (χ1v) is 16.5. The van der Waals surface area contributed by atoms with Crippen molar-refractivity contribution in [1.82, 2.24) is 19.4 Å². The van der Waals surface area contributed by atoms with Crippen molar-refractivity contribution in [2.24, 2.45) is 7.05 Å². The van der Waals surface area contributed by atoms with Crippen LogP contribution in [0.5, 0.6) is 5.75 Å².